The van der Waals surface area contributed by atoms with Gasteiger partial charge in [-0.25, -0.2) is 0 Å². The van der Waals surface area contributed by atoms with Gasteiger partial charge in [-0.2, -0.15) is 0 Å². The molecule has 2 aromatic rings. The highest BCUT2D eigenvalue weighted by atomic mass is 16.5. The van der Waals surface area contributed by atoms with Crippen molar-refractivity contribution in [2.75, 3.05) is 19.8 Å². The van der Waals surface area contributed by atoms with E-state index in [1.54, 1.807) is 0 Å². The van der Waals surface area contributed by atoms with Crippen molar-refractivity contribution in [2.45, 2.75) is 39.5 Å². The van der Waals surface area contributed by atoms with Crippen LogP contribution in [-0.2, 0) is 11.2 Å². The van der Waals surface area contributed by atoms with Gasteiger partial charge in [-0.05, 0) is 49.4 Å². The van der Waals surface area contributed by atoms with Crippen molar-refractivity contribution in [2.24, 2.45) is 0 Å². The molecule has 0 aliphatic rings. The van der Waals surface area contributed by atoms with E-state index in [4.69, 9.17) is 9.47 Å². The van der Waals surface area contributed by atoms with Crippen molar-refractivity contribution >= 4 is 5.91 Å². The van der Waals surface area contributed by atoms with E-state index < -0.39 is 0 Å². The number of ether oxygens (including phenoxy) is 2. The van der Waals surface area contributed by atoms with Crippen molar-refractivity contribution in [1.29, 1.82) is 0 Å². The predicted molar refractivity (Wildman–Crippen MR) is 105 cm³/mol. The molecule has 26 heavy (non-hydrogen) atoms. The molecule has 0 aliphatic carbocycles. The third-order valence-electron chi connectivity index (χ3n) is 4.22. The molecule has 140 valence electrons. The Morgan fingerprint density at radius 2 is 1.69 bits per heavy atom. The number of hydrogen-bond acceptors (Lipinski definition) is 3. The Morgan fingerprint density at radius 3 is 2.38 bits per heavy atom. The Hall–Kier alpha value is -2.49. The van der Waals surface area contributed by atoms with E-state index in [0.717, 1.165) is 17.1 Å². The first kappa shape index (κ1) is 19.8. The van der Waals surface area contributed by atoms with E-state index in [1.807, 2.05) is 50.2 Å². The lowest BCUT2D eigenvalue weighted by Crippen LogP contribution is -2.27. The number of hydrogen-bond donors (Lipinski definition) is 1. The van der Waals surface area contributed by atoms with Crippen molar-refractivity contribution < 1.29 is 14.3 Å². The number of carbonyl (C=O) groups excluding carboxylic acids is 1. The molecule has 1 N–H and O–H groups in total. The molecule has 1 amide bonds. The second-order valence-electron chi connectivity index (χ2n) is 6.26. The standard InChI is InChI=1S/C22H29NO3/c1-4-25-20-13-11-18(15-21(20)26-5-2)12-14-22(24)23-16-17(3)19-9-7-6-8-10-19/h6-11,13,15,17H,4-5,12,14,16H2,1-3H3,(H,23,24)/t17-/m0/s1. The van der Waals surface area contributed by atoms with Crippen LogP contribution in [-0.4, -0.2) is 25.7 Å². The minimum atomic E-state index is 0.0691. The zero-order valence-electron chi connectivity index (χ0n) is 16.0. The Bertz CT molecular complexity index is 685. The van der Waals surface area contributed by atoms with Crippen molar-refractivity contribution in [3.63, 3.8) is 0 Å². The van der Waals surface area contributed by atoms with E-state index in [9.17, 15) is 4.79 Å². The fourth-order valence-electron chi connectivity index (χ4n) is 2.76. The molecule has 0 saturated heterocycles. The van der Waals surface area contributed by atoms with Gasteiger partial charge in [0.2, 0.25) is 5.91 Å². The highest BCUT2D eigenvalue weighted by Gasteiger charge is 2.10. The summed E-state index contributed by atoms with van der Waals surface area (Å²) < 4.78 is 11.2. The van der Waals surface area contributed by atoms with Gasteiger partial charge in [0.15, 0.2) is 11.5 Å². The molecule has 0 radical (unpaired) electrons. The molecule has 1 atom stereocenters. The maximum Gasteiger partial charge on any atom is 0.220 e. The maximum absolute atomic E-state index is 12.2. The Morgan fingerprint density at radius 1 is 1.00 bits per heavy atom. The van der Waals surface area contributed by atoms with Gasteiger partial charge in [0.05, 0.1) is 13.2 Å². The molecule has 2 aromatic carbocycles. The quantitative estimate of drug-likeness (QED) is 0.690. The number of carbonyl (C=O) groups is 1. The maximum atomic E-state index is 12.2. The summed E-state index contributed by atoms with van der Waals surface area (Å²) in [5.74, 6) is 1.86. The summed E-state index contributed by atoms with van der Waals surface area (Å²) >= 11 is 0. The number of benzene rings is 2. The molecule has 0 unspecified atom stereocenters. The van der Waals surface area contributed by atoms with Gasteiger partial charge in [0.1, 0.15) is 0 Å². The van der Waals surface area contributed by atoms with Gasteiger partial charge in [0, 0.05) is 13.0 Å². The number of rotatable bonds is 10. The zero-order valence-corrected chi connectivity index (χ0v) is 16.0. The van der Waals surface area contributed by atoms with Gasteiger partial charge in [-0.3, -0.25) is 4.79 Å². The van der Waals surface area contributed by atoms with Crippen molar-refractivity contribution in [3.8, 4) is 11.5 Å². The van der Waals surface area contributed by atoms with Gasteiger partial charge >= 0.3 is 0 Å². The lowest BCUT2D eigenvalue weighted by Gasteiger charge is -2.14. The third kappa shape index (κ3) is 6.10. The Labute approximate surface area is 156 Å². The van der Waals surface area contributed by atoms with E-state index >= 15 is 0 Å². The van der Waals surface area contributed by atoms with Crippen LogP contribution in [0.3, 0.4) is 0 Å². The minimum Gasteiger partial charge on any atom is -0.490 e. The molecule has 0 spiro atoms. The first-order valence-corrected chi connectivity index (χ1v) is 9.34. The van der Waals surface area contributed by atoms with Crippen molar-refractivity contribution in [1.82, 2.24) is 5.32 Å². The molecule has 0 saturated carbocycles. The SMILES string of the molecule is CCOc1ccc(CCC(=O)NC[C@H](C)c2ccccc2)cc1OCC. The Kier molecular flexibility index (Phi) is 8.00. The summed E-state index contributed by atoms with van der Waals surface area (Å²) in [6.45, 7) is 7.85. The summed E-state index contributed by atoms with van der Waals surface area (Å²) in [5, 5.41) is 3.03. The van der Waals surface area contributed by atoms with Crippen LogP contribution in [0.25, 0.3) is 0 Å². The van der Waals surface area contributed by atoms with Crippen molar-refractivity contribution in [3.05, 3.63) is 59.7 Å². The van der Waals surface area contributed by atoms with Gasteiger partial charge < -0.3 is 14.8 Å². The molecule has 4 nitrogen and oxygen atoms in total. The fourth-order valence-corrected chi connectivity index (χ4v) is 2.76. The molecule has 2 rings (SSSR count). The summed E-state index contributed by atoms with van der Waals surface area (Å²) in [6, 6.07) is 16.1. The van der Waals surface area contributed by atoms with Gasteiger partial charge in [0.25, 0.3) is 0 Å². The fraction of sp³-hybridized carbons (Fsp3) is 0.409. The first-order chi connectivity index (χ1) is 12.6. The molecular weight excluding hydrogens is 326 g/mol. The molecular formula is C22H29NO3. The minimum absolute atomic E-state index is 0.0691. The molecule has 0 bridgehead atoms. The van der Waals surface area contributed by atoms with Gasteiger partial charge in [-0.1, -0.05) is 43.3 Å². The summed E-state index contributed by atoms with van der Waals surface area (Å²) in [5.41, 5.74) is 2.31. The van der Waals surface area contributed by atoms with E-state index in [0.29, 0.717) is 38.5 Å². The molecule has 0 heterocycles. The molecule has 4 heteroatoms. The zero-order chi connectivity index (χ0) is 18.8. The highest BCUT2D eigenvalue weighted by Crippen LogP contribution is 2.29. The first-order valence-electron chi connectivity index (χ1n) is 9.34. The summed E-state index contributed by atoms with van der Waals surface area (Å²) in [7, 11) is 0. The average molecular weight is 355 g/mol. The van der Waals surface area contributed by atoms with Crippen LogP contribution < -0.4 is 14.8 Å². The lowest BCUT2D eigenvalue weighted by molar-refractivity contribution is -0.121. The largest absolute Gasteiger partial charge is 0.490 e. The van der Waals surface area contributed by atoms with Crippen LogP contribution in [0.2, 0.25) is 0 Å². The van der Waals surface area contributed by atoms with Crippen LogP contribution in [0, 0.1) is 0 Å². The van der Waals surface area contributed by atoms with Gasteiger partial charge in [-0.15, -0.1) is 0 Å². The monoisotopic (exact) mass is 355 g/mol. The van der Waals surface area contributed by atoms with Crippen LogP contribution in [0.5, 0.6) is 11.5 Å². The number of nitrogens with one attached hydrogen (secondary N) is 1. The molecule has 0 fully saturated rings. The van der Waals surface area contributed by atoms with Crippen LogP contribution in [0.4, 0.5) is 0 Å². The summed E-state index contributed by atoms with van der Waals surface area (Å²) in [6.07, 6.45) is 1.14. The van der Waals surface area contributed by atoms with E-state index in [1.165, 1.54) is 5.56 Å². The summed E-state index contributed by atoms with van der Waals surface area (Å²) in [4.78, 5) is 12.2. The molecule has 0 aliphatic heterocycles. The predicted octanol–water partition coefficient (Wildman–Crippen LogP) is 4.34. The van der Waals surface area contributed by atoms with Crippen LogP contribution in [0.15, 0.2) is 48.5 Å². The normalized spacial score (nSPS) is 11.7. The lowest BCUT2D eigenvalue weighted by atomic mass is 10.0. The highest BCUT2D eigenvalue weighted by molar-refractivity contribution is 5.76. The smallest absolute Gasteiger partial charge is 0.220 e. The Balaban J connectivity index is 1.84. The topological polar surface area (TPSA) is 47.6 Å². The van der Waals surface area contributed by atoms with E-state index in [2.05, 4.69) is 24.4 Å². The average Bonchev–Trinajstić information content (AvgIpc) is 2.67. The third-order valence-corrected chi connectivity index (χ3v) is 4.22. The van der Waals surface area contributed by atoms with Crippen LogP contribution in [0.1, 0.15) is 44.2 Å². The second-order valence-corrected chi connectivity index (χ2v) is 6.26. The number of amides is 1. The van der Waals surface area contributed by atoms with Crippen LogP contribution >= 0.6 is 0 Å². The molecule has 0 aromatic heterocycles. The van der Waals surface area contributed by atoms with E-state index in [-0.39, 0.29) is 5.91 Å². The number of aryl methyl sites for hydroxylation is 1. The second kappa shape index (κ2) is 10.5.